The van der Waals surface area contributed by atoms with Crippen LogP contribution in [0.2, 0.25) is 0 Å². The van der Waals surface area contributed by atoms with E-state index in [0.29, 0.717) is 12.5 Å². The first-order chi connectivity index (χ1) is 8.27. The molecule has 0 bridgehead atoms. The minimum atomic E-state index is 0.267. The lowest BCUT2D eigenvalue weighted by atomic mass is 10.0. The molecule has 1 saturated heterocycles. The van der Waals surface area contributed by atoms with Crippen LogP contribution < -0.4 is 0 Å². The summed E-state index contributed by atoms with van der Waals surface area (Å²) < 4.78 is 0. The van der Waals surface area contributed by atoms with E-state index in [1.165, 1.54) is 19.3 Å². The van der Waals surface area contributed by atoms with Gasteiger partial charge in [0.15, 0.2) is 5.78 Å². The van der Waals surface area contributed by atoms with Crippen molar-refractivity contribution in [3.05, 3.63) is 35.9 Å². The summed E-state index contributed by atoms with van der Waals surface area (Å²) in [5, 5.41) is 0. The van der Waals surface area contributed by atoms with Gasteiger partial charge in [-0.05, 0) is 26.3 Å². The number of carbonyl (C=O) groups excluding carboxylic acids is 1. The third-order valence-corrected chi connectivity index (χ3v) is 3.66. The Bertz CT molecular complexity index is 360. The molecule has 2 rings (SSSR count). The third kappa shape index (κ3) is 3.40. The Morgan fingerprint density at radius 3 is 2.76 bits per heavy atom. The van der Waals surface area contributed by atoms with E-state index < -0.39 is 0 Å². The maximum atomic E-state index is 12.0. The predicted molar refractivity (Wildman–Crippen MR) is 70.3 cm³/mol. The number of Topliss-reactive ketones (excluding diaryl/α,β-unsaturated/α-hetero) is 1. The number of carbonyl (C=O) groups is 1. The number of nitrogens with zero attached hydrogens (tertiary/aromatic N) is 1. The summed E-state index contributed by atoms with van der Waals surface area (Å²) >= 11 is 0. The molecule has 0 saturated carbocycles. The average Bonchev–Trinajstić information content (AvgIpc) is 2.38. The number of hydrogen-bond donors (Lipinski definition) is 0. The highest BCUT2D eigenvalue weighted by atomic mass is 16.1. The van der Waals surface area contributed by atoms with Gasteiger partial charge < -0.3 is 4.90 Å². The van der Waals surface area contributed by atoms with Crippen molar-refractivity contribution in [2.24, 2.45) is 0 Å². The lowest BCUT2D eigenvalue weighted by Gasteiger charge is -2.33. The smallest absolute Gasteiger partial charge is 0.164 e. The number of ketones is 1. The zero-order valence-corrected chi connectivity index (χ0v) is 10.6. The van der Waals surface area contributed by atoms with Crippen LogP contribution in [0.4, 0.5) is 0 Å². The normalized spacial score (nSPS) is 21.4. The van der Waals surface area contributed by atoms with Crippen molar-refractivity contribution < 1.29 is 4.79 Å². The molecule has 1 aromatic rings. The molecule has 92 valence electrons. The fourth-order valence-electron chi connectivity index (χ4n) is 2.50. The molecule has 0 unspecified atom stereocenters. The van der Waals surface area contributed by atoms with Crippen LogP contribution >= 0.6 is 0 Å². The minimum Gasteiger partial charge on any atom is -0.300 e. The SMILES string of the molecule is C[C@H]1CCCCN1CCC(=O)c1ccccc1. The summed E-state index contributed by atoms with van der Waals surface area (Å²) in [4.78, 5) is 14.4. The number of hydrogen-bond acceptors (Lipinski definition) is 2. The second-order valence-electron chi connectivity index (χ2n) is 4.92. The Morgan fingerprint density at radius 2 is 2.06 bits per heavy atom. The number of piperidine rings is 1. The largest absolute Gasteiger partial charge is 0.300 e. The summed E-state index contributed by atoms with van der Waals surface area (Å²) in [5.41, 5.74) is 0.845. The van der Waals surface area contributed by atoms with Gasteiger partial charge in [0.05, 0.1) is 0 Å². The van der Waals surface area contributed by atoms with Crippen molar-refractivity contribution >= 4 is 5.78 Å². The lowest BCUT2D eigenvalue weighted by molar-refractivity contribution is 0.0935. The fraction of sp³-hybridized carbons (Fsp3) is 0.533. The average molecular weight is 231 g/mol. The van der Waals surface area contributed by atoms with Gasteiger partial charge >= 0.3 is 0 Å². The third-order valence-electron chi connectivity index (χ3n) is 3.66. The van der Waals surface area contributed by atoms with Gasteiger partial charge in [-0.3, -0.25) is 4.79 Å². The molecular weight excluding hydrogens is 210 g/mol. The van der Waals surface area contributed by atoms with Gasteiger partial charge in [0.2, 0.25) is 0 Å². The van der Waals surface area contributed by atoms with Crippen LogP contribution in [0.1, 0.15) is 43.0 Å². The van der Waals surface area contributed by atoms with Crippen LogP contribution in [0, 0.1) is 0 Å². The monoisotopic (exact) mass is 231 g/mol. The molecule has 1 aromatic carbocycles. The van der Waals surface area contributed by atoms with Crippen LogP contribution in [-0.4, -0.2) is 29.8 Å². The van der Waals surface area contributed by atoms with E-state index >= 15 is 0 Å². The van der Waals surface area contributed by atoms with Crippen molar-refractivity contribution in [2.75, 3.05) is 13.1 Å². The van der Waals surface area contributed by atoms with Gasteiger partial charge in [-0.25, -0.2) is 0 Å². The first-order valence-corrected chi connectivity index (χ1v) is 6.59. The Hall–Kier alpha value is -1.15. The second-order valence-corrected chi connectivity index (χ2v) is 4.92. The highest BCUT2D eigenvalue weighted by Crippen LogP contribution is 2.17. The molecule has 2 nitrogen and oxygen atoms in total. The zero-order valence-electron chi connectivity index (χ0n) is 10.6. The molecule has 1 fully saturated rings. The standard InChI is InChI=1S/C15H21NO/c1-13-7-5-6-11-16(13)12-10-15(17)14-8-3-2-4-9-14/h2-4,8-9,13H,5-7,10-12H2,1H3/t13-/m0/s1. The van der Waals surface area contributed by atoms with Crippen molar-refractivity contribution in [1.82, 2.24) is 4.90 Å². The van der Waals surface area contributed by atoms with E-state index in [0.717, 1.165) is 18.7 Å². The molecule has 2 heteroatoms. The molecule has 0 aromatic heterocycles. The molecule has 1 atom stereocenters. The Morgan fingerprint density at radius 1 is 1.29 bits per heavy atom. The van der Waals surface area contributed by atoms with Crippen molar-refractivity contribution in [3.63, 3.8) is 0 Å². The first-order valence-electron chi connectivity index (χ1n) is 6.59. The summed E-state index contributed by atoms with van der Waals surface area (Å²) in [6.45, 7) is 4.34. The van der Waals surface area contributed by atoms with Crippen LogP contribution in [-0.2, 0) is 0 Å². The van der Waals surface area contributed by atoms with Crippen molar-refractivity contribution in [1.29, 1.82) is 0 Å². The molecule has 0 radical (unpaired) electrons. The molecule has 0 aliphatic carbocycles. The number of likely N-dealkylation sites (tertiary alicyclic amines) is 1. The Kier molecular flexibility index (Phi) is 4.32. The van der Waals surface area contributed by atoms with Gasteiger partial charge in [-0.2, -0.15) is 0 Å². The Labute approximate surface area is 104 Å². The van der Waals surface area contributed by atoms with Crippen LogP contribution in [0.5, 0.6) is 0 Å². The van der Waals surface area contributed by atoms with Gasteiger partial charge in [0.1, 0.15) is 0 Å². The van der Waals surface area contributed by atoms with E-state index in [1.807, 2.05) is 30.3 Å². The predicted octanol–water partition coefficient (Wildman–Crippen LogP) is 3.13. The quantitative estimate of drug-likeness (QED) is 0.742. The summed E-state index contributed by atoms with van der Waals surface area (Å²) in [7, 11) is 0. The van der Waals surface area contributed by atoms with E-state index in [-0.39, 0.29) is 5.78 Å². The van der Waals surface area contributed by atoms with E-state index in [2.05, 4.69) is 11.8 Å². The van der Waals surface area contributed by atoms with Gasteiger partial charge in [0, 0.05) is 24.6 Å². The summed E-state index contributed by atoms with van der Waals surface area (Å²) in [5.74, 6) is 0.267. The highest BCUT2D eigenvalue weighted by Gasteiger charge is 2.18. The van der Waals surface area contributed by atoms with E-state index in [4.69, 9.17) is 0 Å². The van der Waals surface area contributed by atoms with Crippen LogP contribution in [0.25, 0.3) is 0 Å². The molecule has 1 heterocycles. The molecule has 0 spiro atoms. The maximum Gasteiger partial charge on any atom is 0.164 e. The van der Waals surface area contributed by atoms with Crippen molar-refractivity contribution in [3.8, 4) is 0 Å². The maximum absolute atomic E-state index is 12.0. The van der Waals surface area contributed by atoms with E-state index in [9.17, 15) is 4.79 Å². The van der Waals surface area contributed by atoms with Crippen molar-refractivity contribution in [2.45, 2.75) is 38.6 Å². The molecule has 0 N–H and O–H groups in total. The Balaban J connectivity index is 1.84. The van der Waals surface area contributed by atoms with Gasteiger partial charge in [-0.15, -0.1) is 0 Å². The molecule has 1 aliphatic heterocycles. The van der Waals surface area contributed by atoms with Crippen LogP contribution in [0.3, 0.4) is 0 Å². The molecule has 17 heavy (non-hydrogen) atoms. The second kappa shape index (κ2) is 5.97. The number of rotatable bonds is 4. The fourth-order valence-corrected chi connectivity index (χ4v) is 2.50. The minimum absolute atomic E-state index is 0.267. The zero-order chi connectivity index (χ0) is 12.1. The first kappa shape index (κ1) is 12.3. The molecule has 0 amide bonds. The summed E-state index contributed by atoms with van der Waals surface area (Å²) in [6, 6.07) is 10.3. The highest BCUT2D eigenvalue weighted by molar-refractivity contribution is 5.96. The van der Waals surface area contributed by atoms with Crippen LogP contribution in [0.15, 0.2) is 30.3 Å². The van der Waals surface area contributed by atoms with E-state index in [1.54, 1.807) is 0 Å². The van der Waals surface area contributed by atoms with Gasteiger partial charge in [0.25, 0.3) is 0 Å². The lowest BCUT2D eigenvalue weighted by Crippen LogP contribution is -2.38. The summed E-state index contributed by atoms with van der Waals surface area (Å²) in [6.07, 6.45) is 4.54. The molecular formula is C15H21NO. The van der Waals surface area contributed by atoms with Gasteiger partial charge in [-0.1, -0.05) is 36.8 Å². The molecule has 1 aliphatic rings. The number of benzene rings is 1. The topological polar surface area (TPSA) is 20.3 Å².